The Labute approximate surface area is 196 Å². The fourth-order valence-corrected chi connectivity index (χ4v) is 3.96. The zero-order valence-corrected chi connectivity index (χ0v) is 19.0. The Morgan fingerprint density at radius 3 is 2.62 bits per heavy atom. The number of nitrogens with zero attached hydrogens (tertiary/aromatic N) is 2. The molecule has 0 bridgehead atoms. The van der Waals surface area contributed by atoms with Gasteiger partial charge in [0.25, 0.3) is 5.91 Å². The summed E-state index contributed by atoms with van der Waals surface area (Å²) in [6, 6.07) is 10.1. The van der Waals surface area contributed by atoms with Gasteiger partial charge in [-0.25, -0.2) is 9.59 Å². The van der Waals surface area contributed by atoms with Gasteiger partial charge in [-0.1, -0.05) is 0 Å². The van der Waals surface area contributed by atoms with Crippen LogP contribution >= 0.6 is 0 Å². The van der Waals surface area contributed by atoms with Crippen LogP contribution in [0.25, 0.3) is 11.0 Å². The van der Waals surface area contributed by atoms with Crippen LogP contribution in [-0.4, -0.2) is 67.7 Å². The summed E-state index contributed by atoms with van der Waals surface area (Å²) in [6.45, 7) is 7.34. The molecule has 0 unspecified atom stereocenters. The number of nitrogens with one attached hydrogen (secondary N) is 2. The molecule has 10 heteroatoms. The SMILES string of the molecule is CCOC(=O)Nc1ccc2c(CN3CCN(CCNC(=O)c4ccco4)CC3)cc(=O)oc2c1. The number of amides is 2. The zero-order chi connectivity index (χ0) is 23.9. The highest BCUT2D eigenvalue weighted by atomic mass is 16.5. The predicted molar refractivity (Wildman–Crippen MR) is 126 cm³/mol. The van der Waals surface area contributed by atoms with E-state index in [1.165, 1.54) is 12.3 Å². The number of benzene rings is 1. The molecule has 0 radical (unpaired) electrons. The minimum atomic E-state index is -0.557. The normalized spacial score (nSPS) is 14.7. The second-order valence-electron chi connectivity index (χ2n) is 8.00. The first-order valence-electron chi connectivity index (χ1n) is 11.3. The molecule has 1 fully saturated rings. The average Bonchev–Trinajstić information content (AvgIpc) is 3.35. The molecule has 0 atom stereocenters. The van der Waals surface area contributed by atoms with Gasteiger partial charge >= 0.3 is 11.7 Å². The molecule has 2 amide bonds. The molecule has 10 nitrogen and oxygen atoms in total. The lowest BCUT2D eigenvalue weighted by atomic mass is 10.1. The molecule has 2 aromatic heterocycles. The molecule has 3 aromatic rings. The topological polar surface area (TPSA) is 117 Å². The summed E-state index contributed by atoms with van der Waals surface area (Å²) < 4.78 is 15.4. The highest BCUT2D eigenvalue weighted by Gasteiger charge is 2.19. The average molecular weight is 469 g/mol. The van der Waals surface area contributed by atoms with E-state index >= 15 is 0 Å². The number of rotatable bonds is 8. The Bertz CT molecular complexity index is 1180. The lowest BCUT2D eigenvalue weighted by Gasteiger charge is -2.34. The molecule has 3 heterocycles. The van der Waals surface area contributed by atoms with Crippen molar-refractivity contribution in [1.29, 1.82) is 0 Å². The Kier molecular flexibility index (Phi) is 7.61. The zero-order valence-electron chi connectivity index (χ0n) is 19.0. The Balaban J connectivity index is 1.31. The number of furan rings is 1. The van der Waals surface area contributed by atoms with Crippen LogP contribution in [0, 0.1) is 0 Å². The van der Waals surface area contributed by atoms with E-state index in [0.29, 0.717) is 30.1 Å². The molecule has 180 valence electrons. The highest BCUT2D eigenvalue weighted by Crippen LogP contribution is 2.23. The van der Waals surface area contributed by atoms with Crippen molar-refractivity contribution in [3.8, 4) is 0 Å². The van der Waals surface area contributed by atoms with E-state index in [1.54, 1.807) is 31.2 Å². The Morgan fingerprint density at radius 2 is 1.88 bits per heavy atom. The van der Waals surface area contributed by atoms with Gasteiger partial charge in [-0.3, -0.25) is 19.9 Å². The largest absolute Gasteiger partial charge is 0.459 e. The molecule has 2 N–H and O–H groups in total. The van der Waals surface area contributed by atoms with E-state index in [-0.39, 0.29) is 12.5 Å². The quantitative estimate of drug-likeness (QED) is 0.485. The number of hydrogen-bond acceptors (Lipinski definition) is 8. The summed E-state index contributed by atoms with van der Waals surface area (Å²) in [5.74, 6) is 0.104. The summed E-state index contributed by atoms with van der Waals surface area (Å²) in [7, 11) is 0. The van der Waals surface area contributed by atoms with Crippen molar-refractivity contribution >= 4 is 28.7 Å². The van der Waals surface area contributed by atoms with Gasteiger partial charge in [0.05, 0.1) is 12.9 Å². The fraction of sp³-hybridized carbons (Fsp3) is 0.375. The number of carbonyl (C=O) groups excluding carboxylic acids is 2. The standard InChI is InChI=1S/C24H28N4O6/c1-2-32-24(31)26-18-5-6-19-17(14-22(29)34-21(19)15-18)16-28-11-9-27(10-12-28)8-7-25-23(30)20-4-3-13-33-20/h3-6,13-15H,2,7-12,16H2,1H3,(H,25,30)(H,26,31). The molecule has 0 spiro atoms. The number of hydrogen-bond donors (Lipinski definition) is 2. The maximum atomic E-state index is 12.1. The molecule has 1 aliphatic rings. The smallest absolute Gasteiger partial charge is 0.411 e. The van der Waals surface area contributed by atoms with Crippen LogP contribution in [0.5, 0.6) is 0 Å². The van der Waals surface area contributed by atoms with Crippen LogP contribution in [-0.2, 0) is 11.3 Å². The van der Waals surface area contributed by atoms with Crippen molar-refractivity contribution in [2.45, 2.75) is 13.5 Å². The first kappa shape index (κ1) is 23.5. The van der Waals surface area contributed by atoms with E-state index in [9.17, 15) is 14.4 Å². The van der Waals surface area contributed by atoms with Gasteiger partial charge in [-0.2, -0.15) is 0 Å². The van der Waals surface area contributed by atoms with E-state index in [1.807, 2.05) is 6.07 Å². The van der Waals surface area contributed by atoms with Gasteiger partial charge in [0.15, 0.2) is 5.76 Å². The molecule has 0 saturated carbocycles. The van der Waals surface area contributed by atoms with Crippen molar-refractivity contribution in [3.05, 3.63) is 64.4 Å². The molecule has 1 aliphatic heterocycles. The fourth-order valence-electron chi connectivity index (χ4n) is 3.96. The summed E-state index contributed by atoms with van der Waals surface area (Å²) in [6.07, 6.45) is 0.923. The van der Waals surface area contributed by atoms with Crippen molar-refractivity contribution < 1.29 is 23.2 Å². The molecule has 4 rings (SSSR count). The second-order valence-corrected chi connectivity index (χ2v) is 8.00. The molecule has 1 saturated heterocycles. The third kappa shape index (κ3) is 6.03. The minimum Gasteiger partial charge on any atom is -0.459 e. The van der Waals surface area contributed by atoms with E-state index < -0.39 is 11.7 Å². The predicted octanol–water partition coefficient (Wildman–Crippen LogP) is 2.50. The van der Waals surface area contributed by atoms with Crippen molar-refractivity contribution in [2.75, 3.05) is 51.2 Å². The molecule has 34 heavy (non-hydrogen) atoms. The highest BCUT2D eigenvalue weighted by molar-refractivity contribution is 5.91. The lowest BCUT2D eigenvalue weighted by Crippen LogP contribution is -2.48. The van der Waals surface area contributed by atoms with Crippen LogP contribution in [0.3, 0.4) is 0 Å². The van der Waals surface area contributed by atoms with Crippen molar-refractivity contribution in [2.24, 2.45) is 0 Å². The second kappa shape index (κ2) is 11.0. The first-order valence-corrected chi connectivity index (χ1v) is 11.3. The molecular formula is C24H28N4O6. The van der Waals surface area contributed by atoms with Crippen molar-refractivity contribution in [1.82, 2.24) is 15.1 Å². The Morgan fingerprint density at radius 1 is 1.09 bits per heavy atom. The number of ether oxygens (including phenoxy) is 1. The number of anilines is 1. The number of fused-ring (bicyclic) bond motifs is 1. The van der Waals surface area contributed by atoms with Crippen LogP contribution in [0.2, 0.25) is 0 Å². The summed E-state index contributed by atoms with van der Waals surface area (Å²) >= 11 is 0. The summed E-state index contributed by atoms with van der Waals surface area (Å²) in [4.78, 5) is 40.3. The first-order chi connectivity index (χ1) is 16.5. The maximum absolute atomic E-state index is 12.1. The third-order valence-electron chi connectivity index (χ3n) is 5.67. The summed E-state index contributed by atoms with van der Waals surface area (Å²) in [5.41, 5.74) is 1.37. The van der Waals surface area contributed by atoms with Gasteiger partial charge < -0.3 is 18.9 Å². The van der Waals surface area contributed by atoms with Gasteiger partial charge in [-0.15, -0.1) is 0 Å². The lowest BCUT2D eigenvalue weighted by molar-refractivity contribution is 0.0907. The number of piperazine rings is 1. The van der Waals surface area contributed by atoms with Crippen LogP contribution in [0.15, 0.2) is 56.3 Å². The van der Waals surface area contributed by atoms with E-state index in [0.717, 1.165) is 43.7 Å². The summed E-state index contributed by atoms with van der Waals surface area (Å²) in [5, 5.41) is 6.32. The van der Waals surface area contributed by atoms with Crippen LogP contribution < -0.4 is 16.3 Å². The minimum absolute atomic E-state index is 0.209. The van der Waals surface area contributed by atoms with E-state index in [4.69, 9.17) is 13.6 Å². The molecule has 1 aromatic carbocycles. The third-order valence-corrected chi connectivity index (χ3v) is 5.67. The van der Waals surface area contributed by atoms with Crippen molar-refractivity contribution in [3.63, 3.8) is 0 Å². The number of carbonyl (C=O) groups is 2. The van der Waals surface area contributed by atoms with Gasteiger partial charge in [0.2, 0.25) is 0 Å². The van der Waals surface area contributed by atoms with Gasteiger partial charge in [0, 0.05) is 69.0 Å². The Hall–Kier alpha value is -3.63. The van der Waals surface area contributed by atoms with Crippen LogP contribution in [0.4, 0.5) is 10.5 Å². The van der Waals surface area contributed by atoms with Crippen LogP contribution in [0.1, 0.15) is 23.0 Å². The van der Waals surface area contributed by atoms with Gasteiger partial charge in [0.1, 0.15) is 5.58 Å². The molecule has 0 aliphatic carbocycles. The van der Waals surface area contributed by atoms with Gasteiger partial charge in [-0.05, 0) is 36.8 Å². The maximum Gasteiger partial charge on any atom is 0.411 e. The van der Waals surface area contributed by atoms with E-state index in [2.05, 4.69) is 20.4 Å². The monoisotopic (exact) mass is 468 g/mol. The molecular weight excluding hydrogens is 440 g/mol.